The minimum Gasteiger partial charge on any atom is -0.394 e. The molecule has 0 aromatic carbocycles. The van der Waals surface area contributed by atoms with E-state index in [4.69, 9.17) is 0 Å². The van der Waals surface area contributed by atoms with Crippen LogP contribution in [0.3, 0.4) is 0 Å². The first-order chi connectivity index (χ1) is 9.43. The highest BCUT2D eigenvalue weighted by molar-refractivity contribution is 4.81. The summed E-state index contributed by atoms with van der Waals surface area (Å²) in [5.74, 6) is 0. The molecule has 2 N–H and O–H groups in total. The fourth-order valence-corrected chi connectivity index (χ4v) is 2.32. The van der Waals surface area contributed by atoms with Gasteiger partial charge in [-0.05, 0) is 79.9 Å². The number of hydrogen-bond donors (Lipinski definition) is 2. The molecule has 0 bridgehead atoms. The van der Waals surface area contributed by atoms with Gasteiger partial charge in [-0.15, -0.1) is 0 Å². The molecule has 0 rings (SSSR count). The van der Waals surface area contributed by atoms with Gasteiger partial charge in [0.25, 0.3) is 0 Å². The van der Waals surface area contributed by atoms with Crippen LogP contribution < -0.4 is 5.32 Å². The van der Waals surface area contributed by atoms with Gasteiger partial charge in [-0.1, -0.05) is 13.3 Å². The van der Waals surface area contributed by atoms with Gasteiger partial charge in [0, 0.05) is 5.54 Å². The summed E-state index contributed by atoms with van der Waals surface area (Å²) in [4.78, 5) is 4.65. The number of unbranched alkanes of at least 4 members (excludes halogenated alkanes) is 1. The molecule has 4 nitrogen and oxygen atoms in total. The molecule has 0 fully saturated rings. The van der Waals surface area contributed by atoms with Crippen LogP contribution in [-0.2, 0) is 0 Å². The average molecular weight is 287 g/mol. The SMILES string of the molecule is CCCNC(C)(CO)CCCCN(C)CCCN(C)C. The topological polar surface area (TPSA) is 38.7 Å². The first-order valence-electron chi connectivity index (χ1n) is 8.12. The molecule has 0 aliphatic heterocycles. The Morgan fingerprint density at radius 3 is 2.20 bits per heavy atom. The van der Waals surface area contributed by atoms with Gasteiger partial charge in [-0.2, -0.15) is 0 Å². The minimum absolute atomic E-state index is 0.0977. The van der Waals surface area contributed by atoms with E-state index in [0.717, 1.165) is 32.5 Å². The second kappa shape index (κ2) is 11.5. The molecule has 0 aliphatic carbocycles. The van der Waals surface area contributed by atoms with Crippen molar-refractivity contribution in [3.8, 4) is 0 Å². The third-order valence-electron chi connectivity index (χ3n) is 3.81. The number of nitrogens with one attached hydrogen (secondary N) is 1. The van der Waals surface area contributed by atoms with Gasteiger partial charge in [0.2, 0.25) is 0 Å². The molecule has 0 radical (unpaired) electrons. The molecular weight excluding hydrogens is 250 g/mol. The van der Waals surface area contributed by atoms with Crippen molar-refractivity contribution in [1.29, 1.82) is 0 Å². The number of aliphatic hydroxyl groups is 1. The highest BCUT2D eigenvalue weighted by atomic mass is 16.3. The number of nitrogens with zero attached hydrogens (tertiary/aromatic N) is 2. The number of aliphatic hydroxyl groups excluding tert-OH is 1. The maximum absolute atomic E-state index is 9.51. The summed E-state index contributed by atoms with van der Waals surface area (Å²) in [6, 6.07) is 0. The Balaban J connectivity index is 3.66. The summed E-state index contributed by atoms with van der Waals surface area (Å²) in [7, 11) is 6.45. The zero-order valence-electron chi connectivity index (χ0n) is 14.4. The van der Waals surface area contributed by atoms with E-state index in [9.17, 15) is 5.11 Å². The van der Waals surface area contributed by atoms with E-state index < -0.39 is 0 Å². The Hall–Kier alpha value is -0.160. The van der Waals surface area contributed by atoms with E-state index >= 15 is 0 Å². The smallest absolute Gasteiger partial charge is 0.0610 e. The number of rotatable bonds is 13. The lowest BCUT2D eigenvalue weighted by atomic mass is 9.95. The van der Waals surface area contributed by atoms with Crippen molar-refractivity contribution in [2.24, 2.45) is 0 Å². The molecule has 0 aromatic rings. The highest BCUT2D eigenvalue weighted by Crippen LogP contribution is 2.13. The van der Waals surface area contributed by atoms with Crippen LogP contribution in [0.15, 0.2) is 0 Å². The average Bonchev–Trinajstić information content (AvgIpc) is 2.41. The standard InChI is InChI=1S/C16H37N3O/c1-6-11-17-16(2,15-20)10-7-8-13-19(5)14-9-12-18(3)4/h17,20H,6-15H2,1-5H3. The van der Waals surface area contributed by atoms with Crippen LogP contribution in [0.4, 0.5) is 0 Å². The molecule has 20 heavy (non-hydrogen) atoms. The van der Waals surface area contributed by atoms with Crippen molar-refractivity contribution in [2.75, 3.05) is 53.9 Å². The summed E-state index contributed by atoms with van der Waals surface area (Å²) >= 11 is 0. The Bertz CT molecular complexity index is 224. The summed E-state index contributed by atoms with van der Waals surface area (Å²) in [5.41, 5.74) is -0.0977. The van der Waals surface area contributed by atoms with Crippen LogP contribution in [0.5, 0.6) is 0 Å². The first-order valence-corrected chi connectivity index (χ1v) is 8.12. The maximum atomic E-state index is 9.51. The fraction of sp³-hybridized carbons (Fsp3) is 1.00. The predicted octanol–water partition coefficient (Wildman–Crippen LogP) is 1.79. The molecule has 0 saturated heterocycles. The summed E-state index contributed by atoms with van der Waals surface area (Å²) < 4.78 is 0. The molecule has 122 valence electrons. The van der Waals surface area contributed by atoms with Gasteiger partial charge in [0.15, 0.2) is 0 Å². The fourth-order valence-electron chi connectivity index (χ4n) is 2.32. The lowest BCUT2D eigenvalue weighted by molar-refractivity contribution is 0.161. The van der Waals surface area contributed by atoms with Crippen LogP contribution in [0.1, 0.15) is 46.0 Å². The second-order valence-corrected chi connectivity index (χ2v) is 6.56. The van der Waals surface area contributed by atoms with E-state index in [1.54, 1.807) is 0 Å². The van der Waals surface area contributed by atoms with E-state index in [2.05, 4.69) is 50.1 Å². The molecule has 0 aliphatic rings. The van der Waals surface area contributed by atoms with Gasteiger partial charge in [-0.25, -0.2) is 0 Å². The molecule has 0 aromatic heterocycles. The van der Waals surface area contributed by atoms with Crippen LogP contribution >= 0.6 is 0 Å². The maximum Gasteiger partial charge on any atom is 0.0610 e. The molecule has 0 heterocycles. The summed E-state index contributed by atoms with van der Waals surface area (Å²) in [5, 5.41) is 13.0. The highest BCUT2D eigenvalue weighted by Gasteiger charge is 2.21. The van der Waals surface area contributed by atoms with E-state index in [-0.39, 0.29) is 12.1 Å². The zero-order valence-corrected chi connectivity index (χ0v) is 14.4. The van der Waals surface area contributed by atoms with Gasteiger partial charge in [0.05, 0.1) is 6.61 Å². The van der Waals surface area contributed by atoms with Crippen LogP contribution in [0.2, 0.25) is 0 Å². The molecule has 1 unspecified atom stereocenters. The van der Waals surface area contributed by atoms with E-state index in [1.807, 2.05) is 0 Å². The van der Waals surface area contributed by atoms with Crippen molar-refractivity contribution in [3.63, 3.8) is 0 Å². The van der Waals surface area contributed by atoms with Crippen molar-refractivity contribution in [1.82, 2.24) is 15.1 Å². The lowest BCUT2D eigenvalue weighted by Gasteiger charge is -2.29. The third-order valence-corrected chi connectivity index (χ3v) is 3.81. The quantitative estimate of drug-likeness (QED) is 0.507. The second-order valence-electron chi connectivity index (χ2n) is 6.56. The van der Waals surface area contributed by atoms with E-state index in [1.165, 1.54) is 25.8 Å². The van der Waals surface area contributed by atoms with Crippen LogP contribution in [0.25, 0.3) is 0 Å². The monoisotopic (exact) mass is 287 g/mol. The van der Waals surface area contributed by atoms with Crippen LogP contribution in [-0.4, -0.2) is 74.4 Å². The van der Waals surface area contributed by atoms with Gasteiger partial charge in [0.1, 0.15) is 0 Å². The molecule has 1 atom stereocenters. The van der Waals surface area contributed by atoms with Gasteiger partial charge < -0.3 is 20.2 Å². The van der Waals surface area contributed by atoms with E-state index in [0.29, 0.717) is 0 Å². The summed E-state index contributed by atoms with van der Waals surface area (Å²) in [6.07, 6.45) is 5.78. The van der Waals surface area contributed by atoms with Crippen LogP contribution in [0, 0.1) is 0 Å². The lowest BCUT2D eigenvalue weighted by Crippen LogP contribution is -2.46. The molecule has 0 amide bonds. The zero-order chi connectivity index (χ0) is 15.4. The Labute approximate surface area is 126 Å². The first kappa shape index (κ1) is 19.8. The van der Waals surface area contributed by atoms with Crippen molar-refractivity contribution < 1.29 is 5.11 Å². The number of hydrogen-bond acceptors (Lipinski definition) is 4. The van der Waals surface area contributed by atoms with Gasteiger partial charge >= 0.3 is 0 Å². The van der Waals surface area contributed by atoms with Crippen molar-refractivity contribution >= 4 is 0 Å². The molecule has 4 heteroatoms. The Morgan fingerprint density at radius 2 is 1.65 bits per heavy atom. The largest absolute Gasteiger partial charge is 0.394 e. The molecular formula is C16H37N3O. The molecule has 0 spiro atoms. The summed E-state index contributed by atoms with van der Waals surface area (Å²) in [6.45, 7) is 8.99. The normalized spacial score (nSPS) is 15.0. The molecule has 0 saturated carbocycles. The third kappa shape index (κ3) is 10.6. The van der Waals surface area contributed by atoms with Gasteiger partial charge in [-0.3, -0.25) is 0 Å². The minimum atomic E-state index is -0.0977. The Morgan fingerprint density at radius 1 is 1.00 bits per heavy atom. The Kier molecular flexibility index (Phi) is 11.4. The predicted molar refractivity (Wildman–Crippen MR) is 88.3 cm³/mol. The van der Waals surface area contributed by atoms with Crippen molar-refractivity contribution in [2.45, 2.75) is 51.5 Å². The van der Waals surface area contributed by atoms with Crippen molar-refractivity contribution in [3.05, 3.63) is 0 Å².